The number of rotatable bonds is 9. The number of nitrogens with zero attached hydrogens (tertiary/aromatic N) is 2. The first-order valence-electron chi connectivity index (χ1n) is 7.22. The van der Waals surface area contributed by atoms with E-state index in [0.29, 0.717) is 12.1 Å². The van der Waals surface area contributed by atoms with Gasteiger partial charge in [-0.2, -0.15) is 5.10 Å². The Morgan fingerprint density at radius 1 is 1.13 bits per heavy atom. The third-order valence-electron chi connectivity index (χ3n) is 3.13. The van der Waals surface area contributed by atoms with Crippen LogP contribution in [0.25, 0.3) is 5.52 Å². The number of sulfonamides is 2. The van der Waals surface area contributed by atoms with E-state index in [1.165, 1.54) is 0 Å². The van der Waals surface area contributed by atoms with Gasteiger partial charge in [0.2, 0.25) is 20.0 Å². The minimum atomic E-state index is -3.64. The fraction of sp³-hybridized carbons (Fsp3) is 0.462. The lowest BCUT2D eigenvalue weighted by Gasteiger charge is -2.09. The monoisotopic (exact) mass is 360 g/mol. The van der Waals surface area contributed by atoms with Gasteiger partial charge in [-0.25, -0.2) is 26.1 Å². The van der Waals surface area contributed by atoms with Gasteiger partial charge < -0.3 is 0 Å². The lowest BCUT2D eigenvalue weighted by atomic mass is 10.4. The van der Waals surface area contributed by atoms with Gasteiger partial charge in [0.1, 0.15) is 0 Å². The highest BCUT2D eigenvalue weighted by molar-refractivity contribution is 7.92. The molecule has 2 N–H and O–H groups in total. The largest absolute Gasteiger partial charge is 0.283 e. The molecule has 0 saturated heterocycles. The molecule has 0 aliphatic carbocycles. The molecule has 0 saturated carbocycles. The van der Waals surface area contributed by atoms with Crippen LogP contribution < -0.4 is 9.44 Å². The summed E-state index contributed by atoms with van der Waals surface area (Å²) in [6.07, 6.45) is 4.56. The third-order valence-corrected chi connectivity index (χ3v) is 5.89. The Morgan fingerprint density at radius 2 is 1.91 bits per heavy atom. The van der Waals surface area contributed by atoms with Gasteiger partial charge in [0.25, 0.3) is 0 Å². The van der Waals surface area contributed by atoms with E-state index in [1.807, 2.05) is 6.92 Å². The maximum Gasteiger partial charge on any atom is 0.234 e. The summed E-state index contributed by atoms with van der Waals surface area (Å²) in [4.78, 5) is 0. The highest BCUT2D eigenvalue weighted by Crippen LogP contribution is 2.13. The number of nitrogens with one attached hydrogen (secondary N) is 2. The molecule has 0 bridgehead atoms. The van der Waals surface area contributed by atoms with Crippen molar-refractivity contribution in [2.75, 3.05) is 22.8 Å². The van der Waals surface area contributed by atoms with Gasteiger partial charge >= 0.3 is 0 Å². The number of pyridine rings is 1. The molecule has 0 aliphatic heterocycles. The fourth-order valence-corrected chi connectivity index (χ4v) is 4.27. The predicted molar refractivity (Wildman–Crippen MR) is 89.3 cm³/mol. The quantitative estimate of drug-likeness (QED) is 0.687. The van der Waals surface area contributed by atoms with E-state index in [0.717, 1.165) is 11.9 Å². The molecule has 2 aromatic heterocycles. The van der Waals surface area contributed by atoms with Crippen LogP contribution in [0.3, 0.4) is 0 Å². The highest BCUT2D eigenvalue weighted by Gasteiger charge is 2.14. The van der Waals surface area contributed by atoms with Crippen molar-refractivity contribution in [3.63, 3.8) is 0 Å². The summed E-state index contributed by atoms with van der Waals surface area (Å²) in [7, 11) is -7.05. The number of aromatic nitrogens is 2. The standard InChI is InChI=1S/C13H20N4O4S2/c1-2-3-9-22(18,19)15-7-10-23(20,21)16-12-5-8-17-13(11-12)4-6-14-17/h4-6,8,11,15-16H,2-3,7,9-10H2,1H3. The van der Waals surface area contributed by atoms with Crippen molar-refractivity contribution >= 4 is 31.3 Å². The Labute approximate surface area is 136 Å². The van der Waals surface area contributed by atoms with Gasteiger partial charge in [0.15, 0.2) is 0 Å². The Hall–Kier alpha value is -1.65. The van der Waals surface area contributed by atoms with Crippen LogP contribution in [0.15, 0.2) is 30.6 Å². The van der Waals surface area contributed by atoms with Crippen LogP contribution >= 0.6 is 0 Å². The zero-order valence-electron chi connectivity index (χ0n) is 12.8. The van der Waals surface area contributed by atoms with Crippen LogP contribution in [0.2, 0.25) is 0 Å². The van der Waals surface area contributed by atoms with E-state index >= 15 is 0 Å². The first kappa shape index (κ1) is 17.7. The minimum Gasteiger partial charge on any atom is -0.283 e. The van der Waals surface area contributed by atoms with Crippen LogP contribution in [0.4, 0.5) is 5.69 Å². The van der Waals surface area contributed by atoms with Crippen molar-refractivity contribution in [3.05, 3.63) is 30.6 Å². The summed E-state index contributed by atoms with van der Waals surface area (Å²) in [5.74, 6) is -0.322. The number of hydrogen-bond acceptors (Lipinski definition) is 5. The van der Waals surface area contributed by atoms with Gasteiger partial charge in [-0.15, -0.1) is 0 Å². The van der Waals surface area contributed by atoms with Gasteiger partial charge in [-0.3, -0.25) is 4.72 Å². The molecule has 0 aromatic carbocycles. The van der Waals surface area contributed by atoms with Crippen molar-refractivity contribution in [2.45, 2.75) is 19.8 Å². The molecule has 0 unspecified atom stereocenters. The second kappa shape index (κ2) is 7.28. The summed E-state index contributed by atoms with van der Waals surface area (Å²) in [6, 6.07) is 4.98. The lowest BCUT2D eigenvalue weighted by Crippen LogP contribution is -2.32. The minimum absolute atomic E-state index is 0.00879. The average Bonchev–Trinajstić information content (AvgIpc) is 2.91. The normalized spacial score (nSPS) is 12.6. The molecule has 0 spiro atoms. The number of fused-ring (bicyclic) bond motifs is 1. The topological polar surface area (TPSA) is 110 Å². The Bertz CT molecular complexity index is 859. The Balaban J connectivity index is 1.91. The third kappa shape index (κ3) is 5.48. The molecule has 0 atom stereocenters. The zero-order chi connectivity index (χ0) is 16.9. The molecule has 0 aliphatic rings. The van der Waals surface area contributed by atoms with Crippen LogP contribution in [-0.2, 0) is 20.0 Å². The summed E-state index contributed by atoms with van der Waals surface area (Å²) >= 11 is 0. The van der Waals surface area contributed by atoms with Crippen LogP contribution in [0.1, 0.15) is 19.8 Å². The maximum absolute atomic E-state index is 12.0. The number of unbranched alkanes of at least 4 members (excludes halogenated alkanes) is 1. The second-order valence-corrected chi connectivity index (χ2v) is 8.87. The molecule has 2 rings (SSSR count). The van der Waals surface area contributed by atoms with E-state index in [-0.39, 0.29) is 18.1 Å². The summed E-state index contributed by atoms with van der Waals surface area (Å²) in [6.45, 7) is 1.73. The van der Waals surface area contributed by atoms with Gasteiger partial charge in [0, 0.05) is 18.9 Å². The molecule has 2 heterocycles. The molecule has 2 aromatic rings. The van der Waals surface area contributed by atoms with E-state index in [2.05, 4.69) is 14.5 Å². The van der Waals surface area contributed by atoms with Crippen LogP contribution in [-0.4, -0.2) is 44.5 Å². The first-order valence-corrected chi connectivity index (χ1v) is 10.5. The fourth-order valence-electron chi connectivity index (χ4n) is 1.95. The summed E-state index contributed by atoms with van der Waals surface area (Å²) in [5, 5.41) is 4.02. The van der Waals surface area contributed by atoms with Gasteiger partial charge in [-0.1, -0.05) is 13.3 Å². The van der Waals surface area contributed by atoms with E-state index in [9.17, 15) is 16.8 Å². The zero-order valence-corrected chi connectivity index (χ0v) is 14.4. The molecular weight excluding hydrogens is 340 g/mol. The van der Waals surface area contributed by atoms with E-state index < -0.39 is 20.0 Å². The Kier molecular flexibility index (Phi) is 5.60. The summed E-state index contributed by atoms with van der Waals surface area (Å²) < 4.78 is 53.6. The molecule has 8 nitrogen and oxygen atoms in total. The van der Waals surface area contributed by atoms with Gasteiger partial charge in [-0.05, 0) is 24.6 Å². The summed E-state index contributed by atoms with van der Waals surface area (Å²) in [5.41, 5.74) is 1.16. The van der Waals surface area contributed by atoms with Crippen molar-refractivity contribution in [2.24, 2.45) is 0 Å². The first-order chi connectivity index (χ1) is 10.8. The average molecular weight is 360 g/mol. The molecule has 0 amide bonds. The van der Waals surface area contributed by atoms with Crippen LogP contribution in [0.5, 0.6) is 0 Å². The second-order valence-electron chi connectivity index (χ2n) is 5.10. The molecule has 23 heavy (non-hydrogen) atoms. The molecule has 0 fully saturated rings. The predicted octanol–water partition coefficient (Wildman–Crippen LogP) is 0.796. The van der Waals surface area contributed by atoms with Crippen molar-refractivity contribution < 1.29 is 16.8 Å². The van der Waals surface area contributed by atoms with Crippen molar-refractivity contribution in [3.8, 4) is 0 Å². The van der Waals surface area contributed by atoms with Crippen molar-refractivity contribution in [1.82, 2.24) is 14.3 Å². The Morgan fingerprint density at radius 3 is 2.65 bits per heavy atom. The molecule has 0 radical (unpaired) electrons. The highest BCUT2D eigenvalue weighted by atomic mass is 32.2. The van der Waals surface area contributed by atoms with Crippen molar-refractivity contribution in [1.29, 1.82) is 0 Å². The smallest absolute Gasteiger partial charge is 0.234 e. The number of anilines is 1. The van der Waals surface area contributed by atoms with Gasteiger partial charge in [0.05, 0.1) is 22.7 Å². The number of hydrogen-bond donors (Lipinski definition) is 2. The SMILES string of the molecule is CCCCS(=O)(=O)NCCS(=O)(=O)Nc1ccn2nccc2c1. The molecular formula is C13H20N4O4S2. The van der Waals surface area contributed by atoms with E-state index in [1.54, 1.807) is 35.1 Å². The lowest BCUT2D eigenvalue weighted by molar-refractivity contribution is 0.579. The maximum atomic E-state index is 12.0. The van der Waals surface area contributed by atoms with Crippen LogP contribution in [0, 0.1) is 0 Å². The molecule has 128 valence electrons. The van der Waals surface area contributed by atoms with E-state index in [4.69, 9.17) is 0 Å². The molecule has 10 heteroatoms.